The molecule has 0 bridgehead atoms. The lowest BCUT2D eigenvalue weighted by Gasteiger charge is -2.20. The van der Waals surface area contributed by atoms with Crippen LogP contribution in [0, 0.1) is 0 Å². The average molecular weight is 372 g/mol. The third-order valence-electron chi connectivity index (χ3n) is 4.23. The fourth-order valence-electron chi connectivity index (χ4n) is 2.94. The Morgan fingerprint density at radius 1 is 1.12 bits per heavy atom. The van der Waals surface area contributed by atoms with E-state index in [2.05, 4.69) is 10.6 Å². The lowest BCUT2D eigenvalue weighted by Crippen LogP contribution is -2.44. The maximum atomic E-state index is 12.9. The Morgan fingerprint density at radius 2 is 1.75 bits per heavy atom. The van der Waals surface area contributed by atoms with E-state index in [1.54, 1.807) is 0 Å². The van der Waals surface area contributed by atoms with Crippen LogP contribution >= 0.6 is 0 Å². The Hall–Kier alpha value is -1.45. The Balaban J connectivity index is 1.86. The molecule has 0 aromatic heterocycles. The lowest BCUT2D eigenvalue weighted by molar-refractivity contribution is -0.114. The SMILES string of the molecule is CC(=O)Nc1ccc(S(=O)(=O)[C@H]2CS(=O)(=O)C[C@@H]2NC2CC2)cc1. The number of hydrogen-bond acceptors (Lipinski definition) is 6. The minimum Gasteiger partial charge on any atom is -0.326 e. The van der Waals surface area contributed by atoms with Crippen molar-refractivity contribution in [1.82, 2.24) is 5.32 Å². The third-order valence-corrected chi connectivity index (χ3v) is 8.40. The van der Waals surface area contributed by atoms with Gasteiger partial charge in [-0.05, 0) is 37.1 Å². The topological polar surface area (TPSA) is 109 Å². The predicted octanol–water partition coefficient (Wildman–Crippen LogP) is 0.336. The highest BCUT2D eigenvalue weighted by Gasteiger charge is 2.47. The number of carbonyl (C=O) groups excluding carboxylic acids is 1. The molecule has 0 unspecified atom stereocenters. The molecule has 1 aliphatic heterocycles. The fraction of sp³-hybridized carbons (Fsp3) is 0.533. The molecule has 1 aromatic rings. The predicted molar refractivity (Wildman–Crippen MR) is 90.3 cm³/mol. The van der Waals surface area contributed by atoms with Crippen LogP contribution in [0.1, 0.15) is 19.8 Å². The minimum absolute atomic E-state index is 0.0706. The molecule has 2 aliphatic rings. The number of nitrogens with one attached hydrogen (secondary N) is 2. The van der Waals surface area contributed by atoms with Gasteiger partial charge in [0.15, 0.2) is 19.7 Å². The highest BCUT2D eigenvalue weighted by atomic mass is 32.2. The van der Waals surface area contributed by atoms with Crippen molar-refractivity contribution in [3.8, 4) is 0 Å². The summed E-state index contributed by atoms with van der Waals surface area (Å²) in [5.74, 6) is -0.744. The second-order valence-corrected chi connectivity index (χ2v) is 10.7. The van der Waals surface area contributed by atoms with E-state index in [0.717, 1.165) is 12.8 Å². The van der Waals surface area contributed by atoms with Crippen LogP contribution in [-0.4, -0.2) is 51.6 Å². The van der Waals surface area contributed by atoms with E-state index in [4.69, 9.17) is 0 Å². The molecule has 7 nitrogen and oxygen atoms in total. The van der Waals surface area contributed by atoms with Crippen molar-refractivity contribution in [3.63, 3.8) is 0 Å². The number of carbonyl (C=O) groups is 1. The normalized spacial score (nSPS) is 26.2. The Morgan fingerprint density at radius 3 is 2.29 bits per heavy atom. The minimum atomic E-state index is -3.78. The molecule has 1 amide bonds. The van der Waals surface area contributed by atoms with Gasteiger partial charge in [0, 0.05) is 24.7 Å². The van der Waals surface area contributed by atoms with E-state index in [1.165, 1.54) is 31.2 Å². The number of amides is 1. The van der Waals surface area contributed by atoms with Crippen LogP contribution in [0.15, 0.2) is 29.2 Å². The molecule has 1 aliphatic carbocycles. The van der Waals surface area contributed by atoms with Gasteiger partial charge in [0.05, 0.1) is 21.7 Å². The van der Waals surface area contributed by atoms with E-state index >= 15 is 0 Å². The van der Waals surface area contributed by atoms with E-state index in [0.29, 0.717) is 5.69 Å². The highest BCUT2D eigenvalue weighted by Crippen LogP contribution is 2.29. The molecule has 2 fully saturated rings. The molecule has 0 spiro atoms. The molecule has 1 heterocycles. The number of sulfone groups is 2. The van der Waals surface area contributed by atoms with Crippen LogP contribution in [0.4, 0.5) is 5.69 Å². The summed E-state index contributed by atoms with van der Waals surface area (Å²) < 4.78 is 49.7. The van der Waals surface area contributed by atoms with Crippen molar-refractivity contribution in [2.45, 2.75) is 42.0 Å². The first kappa shape index (κ1) is 17.4. The number of hydrogen-bond donors (Lipinski definition) is 2. The standard InChI is InChI=1S/C15H20N2O5S2/c1-10(18)16-11-4-6-13(7-5-11)24(21,22)15-9-23(19,20)8-14(15)17-12-2-3-12/h4-7,12,14-15,17H,2-3,8-9H2,1H3,(H,16,18)/t14-,15-/m0/s1. The molecule has 24 heavy (non-hydrogen) atoms. The van der Waals surface area contributed by atoms with Gasteiger partial charge < -0.3 is 10.6 Å². The third kappa shape index (κ3) is 3.79. The van der Waals surface area contributed by atoms with Gasteiger partial charge in [-0.25, -0.2) is 16.8 Å². The Kier molecular flexibility index (Phi) is 4.43. The van der Waals surface area contributed by atoms with Crippen LogP contribution in [0.2, 0.25) is 0 Å². The van der Waals surface area contributed by atoms with Gasteiger partial charge in [0.25, 0.3) is 0 Å². The van der Waals surface area contributed by atoms with Gasteiger partial charge in [-0.3, -0.25) is 4.79 Å². The summed E-state index contributed by atoms with van der Waals surface area (Å²) in [5, 5.41) is 4.75. The van der Waals surface area contributed by atoms with Crippen molar-refractivity contribution in [2.75, 3.05) is 16.8 Å². The zero-order valence-corrected chi connectivity index (χ0v) is 14.9. The monoisotopic (exact) mass is 372 g/mol. The summed E-state index contributed by atoms with van der Waals surface area (Å²) in [6.07, 6.45) is 1.91. The highest BCUT2D eigenvalue weighted by molar-refractivity contribution is 7.96. The first-order chi connectivity index (χ1) is 11.2. The molecule has 9 heteroatoms. The number of rotatable bonds is 5. The quantitative estimate of drug-likeness (QED) is 0.771. The van der Waals surface area contributed by atoms with Crippen molar-refractivity contribution in [2.24, 2.45) is 0 Å². The van der Waals surface area contributed by atoms with Crippen LogP contribution in [0.3, 0.4) is 0 Å². The number of anilines is 1. The second kappa shape index (κ2) is 6.12. The largest absolute Gasteiger partial charge is 0.326 e. The maximum Gasteiger partial charge on any atom is 0.221 e. The van der Waals surface area contributed by atoms with Gasteiger partial charge in [-0.15, -0.1) is 0 Å². The molecule has 0 radical (unpaired) electrons. The van der Waals surface area contributed by atoms with E-state index < -0.39 is 31.0 Å². The van der Waals surface area contributed by atoms with E-state index in [9.17, 15) is 21.6 Å². The van der Waals surface area contributed by atoms with Gasteiger partial charge in [-0.1, -0.05) is 0 Å². The van der Waals surface area contributed by atoms with E-state index in [1.807, 2.05) is 0 Å². The zero-order valence-electron chi connectivity index (χ0n) is 13.2. The second-order valence-electron chi connectivity index (χ2n) is 6.41. The van der Waals surface area contributed by atoms with Crippen LogP contribution in [0.25, 0.3) is 0 Å². The number of benzene rings is 1. The summed E-state index contributed by atoms with van der Waals surface area (Å²) in [4.78, 5) is 11.1. The molecule has 1 aromatic carbocycles. The molecule has 132 valence electrons. The van der Waals surface area contributed by atoms with Crippen molar-refractivity contribution in [1.29, 1.82) is 0 Å². The smallest absolute Gasteiger partial charge is 0.221 e. The molecular formula is C15H20N2O5S2. The van der Waals surface area contributed by atoms with Gasteiger partial charge in [-0.2, -0.15) is 0 Å². The fourth-order valence-corrected chi connectivity index (χ4v) is 7.61. The summed E-state index contributed by atoms with van der Waals surface area (Å²) in [6, 6.07) is 5.47. The summed E-state index contributed by atoms with van der Waals surface area (Å²) >= 11 is 0. The van der Waals surface area contributed by atoms with Crippen LogP contribution < -0.4 is 10.6 Å². The first-order valence-corrected chi connectivity index (χ1v) is 11.1. The molecule has 2 N–H and O–H groups in total. The van der Waals surface area contributed by atoms with E-state index in [-0.39, 0.29) is 28.4 Å². The molecule has 2 atom stereocenters. The summed E-state index contributed by atoms with van der Waals surface area (Å²) in [6.45, 7) is 1.36. The molecule has 1 saturated carbocycles. The Labute approximate surface area is 141 Å². The van der Waals surface area contributed by atoms with Crippen LogP contribution in [0.5, 0.6) is 0 Å². The first-order valence-electron chi connectivity index (χ1n) is 7.75. The van der Waals surface area contributed by atoms with Crippen molar-refractivity contribution < 1.29 is 21.6 Å². The Bertz CT molecular complexity index is 842. The zero-order chi connectivity index (χ0) is 17.5. The van der Waals surface area contributed by atoms with Gasteiger partial charge in [0.2, 0.25) is 5.91 Å². The maximum absolute atomic E-state index is 12.9. The van der Waals surface area contributed by atoms with Gasteiger partial charge >= 0.3 is 0 Å². The summed E-state index contributed by atoms with van der Waals surface area (Å²) in [7, 11) is -7.15. The molecular weight excluding hydrogens is 352 g/mol. The van der Waals surface area contributed by atoms with Crippen molar-refractivity contribution >= 4 is 31.3 Å². The lowest BCUT2D eigenvalue weighted by atomic mass is 10.2. The van der Waals surface area contributed by atoms with Gasteiger partial charge in [0.1, 0.15) is 0 Å². The molecule has 3 rings (SSSR count). The van der Waals surface area contributed by atoms with Crippen LogP contribution in [-0.2, 0) is 24.5 Å². The van der Waals surface area contributed by atoms with Crippen molar-refractivity contribution in [3.05, 3.63) is 24.3 Å². The summed E-state index contributed by atoms with van der Waals surface area (Å²) in [5.41, 5.74) is 0.494. The average Bonchev–Trinajstić information content (AvgIpc) is 3.22. The molecule has 1 saturated heterocycles.